The topological polar surface area (TPSA) is 90.2 Å². The highest BCUT2D eigenvalue weighted by Crippen LogP contribution is 2.08. The highest BCUT2D eigenvalue weighted by molar-refractivity contribution is 7.88. The Bertz CT molecular complexity index is 561. The lowest BCUT2D eigenvalue weighted by atomic mass is 10.1. The molecule has 2 N–H and O–H groups in total. The molecular formula is C13H18N2O3S. The summed E-state index contributed by atoms with van der Waals surface area (Å²) < 4.78 is 26.0. The molecule has 0 fully saturated rings. The van der Waals surface area contributed by atoms with Crippen molar-refractivity contribution in [2.45, 2.75) is 25.7 Å². The molecule has 0 radical (unpaired) electrons. The van der Waals surface area contributed by atoms with Crippen molar-refractivity contribution >= 4 is 10.0 Å². The lowest BCUT2D eigenvalue weighted by Crippen LogP contribution is -2.35. The zero-order valence-electron chi connectivity index (χ0n) is 11.0. The number of aliphatic hydroxyl groups is 1. The zero-order valence-corrected chi connectivity index (χ0v) is 11.8. The lowest BCUT2D eigenvalue weighted by Gasteiger charge is -2.15. The molecule has 1 unspecified atom stereocenters. The average molecular weight is 282 g/mol. The molecule has 0 aliphatic heterocycles. The van der Waals surface area contributed by atoms with Gasteiger partial charge >= 0.3 is 0 Å². The molecule has 1 aromatic carbocycles. The maximum Gasteiger partial charge on any atom is 0.215 e. The minimum atomic E-state index is -3.51. The second-order valence-electron chi connectivity index (χ2n) is 4.73. The summed E-state index contributed by atoms with van der Waals surface area (Å²) in [4.78, 5) is 0. The fourth-order valence-electron chi connectivity index (χ4n) is 1.45. The SMILES string of the molecule is CC(C)C(O)CNS(=O)(=O)Cc1cccc(C#N)c1. The number of sulfonamides is 1. The predicted octanol–water partition coefficient (Wildman–Crippen LogP) is 0.995. The second kappa shape index (κ2) is 6.66. The van der Waals surface area contributed by atoms with E-state index in [1.165, 1.54) is 6.07 Å². The van der Waals surface area contributed by atoms with Crippen LogP contribution in [0.2, 0.25) is 0 Å². The number of benzene rings is 1. The Kier molecular flexibility index (Phi) is 5.48. The normalized spacial score (nSPS) is 13.2. The Morgan fingerprint density at radius 3 is 2.68 bits per heavy atom. The minimum Gasteiger partial charge on any atom is -0.391 e. The molecular weight excluding hydrogens is 264 g/mol. The molecule has 0 aromatic heterocycles. The van der Waals surface area contributed by atoms with Crippen LogP contribution in [0.1, 0.15) is 25.0 Å². The van der Waals surface area contributed by atoms with Crippen molar-refractivity contribution in [1.82, 2.24) is 4.72 Å². The molecule has 1 atom stereocenters. The fourth-order valence-corrected chi connectivity index (χ4v) is 2.59. The van der Waals surface area contributed by atoms with Crippen molar-refractivity contribution in [1.29, 1.82) is 5.26 Å². The Morgan fingerprint density at radius 2 is 2.11 bits per heavy atom. The van der Waals surface area contributed by atoms with E-state index < -0.39 is 16.1 Å². The van der Waals surface area contributed by atoms with E-state index in [1.54, 1.807) is 18.2 Å². The first-order valence-electron chi connectivity index (χ1n) is 5.98. The van der Waals surface area contributed by atoms with Gasteiger partial charge < -0.3 is 5.11 Å². The first-order chi connectivity index (χ1) is 8.84. The van der Waals surface area contributed by atoms with Gasteiger partial charge in [0.2, 0.25) is 10.0 Å². The molecule has 0 heterocycles. The summed E-state index contributed by atoms with van der Waals surface area (Å²) in [5.41, 5.74) is 0.973. The molecule has 0 aliphatic rings. The summed E-state index contributed by atoms with van der Waals surface area (Å²) in [6.45, 7) is 3.63. The van der Waals surface area contributed by atoms with Gasteiger partial charge in [-0.15, -0.1) is 0 Å². The van der Waals surface area contributed by atoms with Crippen molar-refractivity contribution in [2.24, 2.45) is 5.92 Å². The van der Waals surface area contributed by atoms with Crippen molar-refractivity contribution in [3.8, 4) is 6.07 Å². The van der Waals surface area contributed by atoms with Gasteiger partial charge in [0.25, 0.3) is 0 Å². The van der Waals surface area contributed by atoms with Crippen LogP contribution in [0, 0.1) is 17.2 Å². The smallest absolute Gasteiger partial charge is 0.215 e. The molecule has 1 aromatic rings. The van der Waals surface area contributed by atoms with E-state index in [0.29, 0.717) is 11.1 Å². The summed E-state index contributed by atoms with van der Waals surface area (Å²) >= 11 is 0. The molecule has 0 aliphatic carbocycles. The van der Waals surface area contributed by atoms with Gasteiger partial charge in [-0.2, -0.15) is 5.26 Å². The quantitative estimate of drug-likeness (QED) is 0.814. The van der Waals surface area contributed by atoms with Crippen molar-refractivity contribution in [2.75, 3.05) is 6.54 Å². The number of nitrogens with zero attached hydrogens (tertiary/aromatic N) is 1. The first kappa shape index (κ1) is 15.6. The molecule has 1 rings (SSSR count). The van der Waals surface area contributed by atoms with Crippen molar-refractivity contribution in [3.63, 3.8) is 0 Å². The van der Waals surface area contributed by atoms with Gasteiger partial charge in [0.15, 0.2) is 0 Å². The standard InChI is InChI=1S/C13H18N2O3S/c1-10(2)13(16)8-15-19(17,18)9-12-5-3-4-11(6-12)7-14/h3-6,10,13,15-16H,8-9H2,1-2H3. The predicted molar refractivity (Wildman–Crippen MR) is 72.6 cm³/mol. The highest BCUT2D eigenvalue weighted by Gasteiger charge is 2.16. The maximum absolute atomic E-state index is 11.8. The van der Waals surface area contributed by atoms with Crippen LogP contribution in [-0.2, 0) is 15.8 Å². The van der Waals surface area contributed by atoms with Crippen LogP contribution in [0.4, 0.5) is 0 Å². The second-order valence-corrected chi connectivity index (χ2v) is 6.54. The Balaban J connectivity index is 2.67. The Hall–Kier alpha value is -1.42. The third kappa shape index (κ3) is 5.39. The van der Waals surface area contributed by atoms with E-state index >= 15 is 0 Å². The van der Waals surface area contributed by atoms with Gasteiger partial charge in [0, 0.05) is 6.54 Å². The van der Waals surface area contributed by atoms with E-state index in [4.69, 9.17) is 5.26 Å². The van der Waals surface area contributed by atoms with E-state index in [9.17, 15) is 13.5 Å². The lowest BCUT2D eigenvalue weighted by molar-refractivity contribution is 0.129. The Morgan fingerprint density at radius 1 is 1.42 bits per heavy atom. The fraction of sp³-hybridized carbons (Fsp3) is 0.462. The van der Waals surface area contributed by atoms with Gasteiger partial charge in [-0.3, -0.25) is 0 Å². The van der Waals surface area contributed by atoms with Crippen LogP contribution in [0.25, 0.3) is 0 Å². The molecule has 0 saturated carbocycles. The number of nitriles is 1. The van der Waals surface area contributed by atoms with E-state index in [1.807, 2.05) is 19.9 Å². The van der Waals surface area contributed by atoms with E-state index in [0.717, 1.165) is 0 Å². The first-order valence-corrected chi connectivity index (χ1v) is 7.63. The Labute approximate surface area is 113 Å². The highest BCUT2D eigenvalue weighted by atomic mass is 32.2. The van der Waals surface area contributed by atoms with Crippen LogP contribution >= 0.6 is 0 Å². The van der Waals surface area contributed by atoms with Crippen LogP contribution in [0.3, 0.4) is 0 Å². The number of hydrogen-bond acceptors (Lipinski definition) is 4. The average Bonchev–Trinajstić information content (AvgIpc) is 2.35. The number of aliphatic hydroxyl groups excluding tert-OH is 1. The maximum atomic E-state index is 11.8. The molecule has 6 heteroatoms. The van der Waals surface area contributed by atoms with Gasteiger partial charge in [-0.1, -0.05) is 26.0 Å². The van der Waals surface area contributed by atoms with Crippen LogP contribution in [0.15, 0.2) is 24.3 Å². The van der Waals surface area contributed by atoms with Gasteiger partial charge in [-0.25, -0.2) is 13.1 Å². The third-order valence-electron chi connectivity index (χ3n) is 2.69. The largest absolute Gasteiger partial charge is 0.391 e. The van der Waals surface area contributed by atoms with Crippen LogP contribution < -0.4 is 4.72 Å². The van der Waals surface area contributed by atoms with Crippen molar-refractivity contribution in [3.05, 3.63) is 35.4 Å². The summed E-state index contributed by atoms with van der Waals surface area (Å²) in [6.07, 6.45) is -0.708. The summed E-state index contributed by atoms with van der Waals surface area (Å²) in [7, 11) is -3.51. The molecule has 0 spiro atoms. The summed E-state index contributed by atoms with van der Waals surface area (Å²) in [5.74, 6) is -0.211. The van der Waals surface area contributed by atoms with E-state index in [2.05, 4.69) is 4.72 Å². The van der Waals surface area contributed by atoms with E-state index in [-0.39, 0.29) is 18.2 Å². The van der Waals surface area contributed by atoms with Gasteiger partial charge in [-0.05, 0) is 23.6 Å². The van der Waals surface area contributed by atoms with Gasteiger partial charge in [0.1, 0.15) is 0 Å². The molecule has 0 bridgehead atoms. The molecule has 104 valence electrons. The molecule has 0 saturated heterocycles. The number of hydrogen-bond donors (Lipinski definition) is 2. The molecule has 0 amide bonds. The van der Waals surface area contributed by atoms with Gasteiger partial charge in [0.05, 0.1) is 23.5 Å². The third-order valence-corrected chi connectivity index (χ3v) is 4.01. The minimum absolute atomic E-state index is 0.00204. The van der Waals surface area contributed by atoms with Crippen molar-refractivity contribution < 1.29 is 13.5 Å². The summed E-state index contributed by atoms with van der Waals surface area (Å²) in [6, 6.07) is 8.42. The monoisotopic (exact) mass is 282 g/mol. The van der Waals surface area contributed by atoms with Crippen LogP contribution in [0.5, 0.6) is 0 Å². The molecule has 19 heavy (non-hydrogen) atoms. The number of rotatable bonds is 6. The molecule has 5 nitrogen and oxygen atoms in total. The summed E-state index contributed by atoms with van der Waals surface area (Å²) in [5, 5.41) is 18.3. The zero-order chi connectivity index (χ0) is 14.5. The van der Waals surface area contributed by atoms with Crippen LogP contribution in [-0.4, -0.2) is 26.2 Å². The number of nitrogens with one attached hydrogen (secondary N) is 1.